The molecule has 0 unspecified atom stereocenters. The molecule has 0 heterocycles. The molecule has 20 heavy (non-hydrogen) atoms. The van der Waals surface area contributed by atoms with Crippen molar-refractivity contribution < 1.29 is 34.0 Å². The van der Waals surface area contributed by atoms with Crippen LogP contribution in [0.4, 0.5) is 0 Å². The van der Waals surface area contributed by atoms with Crippen LogP contribution < -0.4 is 0 Å². The monoisotopic (exact) mass is 315 g/mol. The van der Waals surface area contributed by atoms with Crippen molar-refractivity contribution in [1.82, 2.24) is 9.80 Å². The SMILES string of the molecule is O=[P+](OCN(CCO)CCO)OCN(CCO)CCO. The van der Waals surface area contributed by atoms with Gasteiger partial charge < -0.3 is 20.4 Å². The highest BCUT2D eigenvalue weighted by Crippen LogP contribution is 2.23. The molecule has 0 aliphatic rings. The van der Waals surface area contributed by atoms with Crippen LogP contribution in [-0.2, 0) is 13.6 Å². The fraction of sp³-hybridized carbons (Fsp3) is 1.00. The number of aliphatic hydroxyl groups is 4. The third kappa shape index (κ3) is 10.6. The van der Waals surface area contributed by atoms with E-state index < -0.39 is 8.25 Å². The summed E-state index contributed by atoms with van der Waals surface area (Å²) >= 11 is 0. The van der Waals surface area contributed by atoms with Gasteiger partial charge in [0.1, 0.15) is 0 Å². The molecule has 0 spiro atoms. The van der Waals surface area contributed by atoms with Crippen LogP contribution in [0.5, 0.6) is 0 Å². The highest BCUT2D eigenvalue weighted by atomic mass is 31.1. The van der Waals surface area contributed by atoms with Gasteiger partial charge in [-0.3, -0.25) is 9.80 Å². The normalized spacial score (nSPS) is 11.5. The van der Waals surface area contributed by atoms with Crippen molar-refractivity contribution in [2.24, 2.45) is 0 Å². The van der Waals surface area contributed by atoms with Gasteiger partial charge in [-0.1, -0.05) is 0 Å². The standard InChI is InChI=1S/C10H24N2O7P/c13-5-1-11(2-6-14)9-18-20(17)19-10-12(3-7-15)4-8-16/h13-16H,1-10H2/q+1. The van der Waals surface area contributed by atoms with E-state index in [1.165, 1.54) is 0 Å². The van der Waals surface area contributed by atoms with Crippen molar-refractivity contribution in [3.8, 4) is 0 Å². The minimum Gasteiger partial charge on any atom is -0.395 e. The summed E-state index contributed by atoms with van der Waals surface area (Å²) < 4.78 is 21.4. The molecule has 9 nitrogen and oxygen atoms in total. The maximum atomic E-state index is 11.5. The molecule has 120 valence electrons. The fourth-order valence-electron chi connectivity index (χ4n) is 1.34. The van der Waals surface area contributed by atoms with Crippen LogP contribution in [0.2, 0.25) is 0 Å². The molecule has 0 aromatic heterocycles. The molecule has 0 aromatic rings. The van der Waals surface area contributed by atoms with E-state index in [9.17, 15) is 4.57 Å². The number of aliphatic hydroxyl groups excluding tert-OH is 4. The second-order valence-corrected chi connectivity index (χ2v) is 4.83. The molecule has 0 saturated heterocycles. The zero-order valence-corrected chi connectivity index (χ0v) is 12.3. The summed E-state index contributed by atoms with van der Waals surface area (Å²) in [5, 5.41) is 35.1. The predicted octanol–water partition coefficient (Wildman–Crippen LogP) is -1.83. The van der Waals surface area contributed by atoms with E-state index in [0.717, 1.165) is 0 Å². The first-order valence-corrected chi connectivity index (χ1v) is 7.38. The third-order valence-electron chi connectivity index (χ3n) is 2.36. The fourth-order valence-corrected chi connectivity index (χ4v) is 1.93. The lowest BCUT2D eigenvalue weighted by atomic mass is 10.5. The second kappa shape index (κ2) is 13.7. The summed E-state index contributed by atoms with van der Waals surface area (Å²) in [6.45, 7) is 0.741. The molecule has 0 amide bonds. The molecule has 0 bridgehead atoms. The highest BCUT2D eigenvalue weighted by molar-refractivity contribution is 7.33. The lowest BCUT2D eigenvalue weighted by molar-refractivity contribution is 0.0530. The van der Waals surface area contributed by atoms with E-state index in [4.69, 9.17) is 29.5 Å². The van der Waals surface area contributed by atoms with E-state index in [2.05, 4.69) is 0 Å². The lowest BCUT2D eigenvalue weighted by Crippen LogP contribution is -2.32. The van der Waals surface area contributed by atoms with Crippen molar-refractivity contribution in [3.05, 3.63) is 0 Å². The van der Waals surface area contributed by atoms with Crippen LogP contribution in [0.1, 0.15) is 0 Å². The van der Waals surface area contributed by atoms with Crippen LogP contribution in [0, 0.1) is 0 Å². The molecule has 0 aliphatic heterocycles. The van der Waals surface area contributed by atoms with Crippen molar-refractivity contribution in [3.63, 3.8) is 0 Å². The summed E-state index contributed by atoms with van der Waals surface area (Å²) in [7, 11) is -2.35. The molecule has 0 rings (SSSR count). The second-order valence-electron chi connectivity index (χ2n) is 3.87. The molecule has 0 aliphatic carbocycles. The Balaban J connectivity index is 3.89. The zero-order chi connectivity index (χ0) is 15.2. The van der Waals surface area contributed by atoms with Crippen LogP contribution in [-0.4, -0.2) is 96.3 Å². The Bertz CT molecular complexity index is 214. The Morgan fingerprint density at radius 2 is 1.00 bits per heavy atom. The van der Waals surface area contributed by atoms with Crippen molar-refractivity contribution in [1.29, 1.82) is 0 Å². The van der Waals surface area contributed by atoms with Crippen molar-refractivity contribution >= 4 is 8.25 Å². The molecular formula is C10H24N2O7P+. The topological polar surface area (TPSA) is 123 Å². The van der Waals surface area contributed by atoms with Gasteiger partial charge in [0.2, 0.25) is 0 Å². The average Bonchev–Trinajstić information content (AvgIpc) is 2.43. The van der Waals surface area contributed by atoms with Gasteiger partial charge in [-0.25, -0.2) is 0 Å². The molecule has 4 N–H and O–H groups in total. The quantitative estimate of drug-likeness (QED) is 0.216. The Labute approximate surface area is 119 Å². The Morgan fingerprint density at radius 3 is 1.25 bits per heavy atom. The van der Waals surface area contributed by atoms with E-state index in [0.29, 0.717) is 26.2 Å². The summed E-state index contributed by atoms with van der Waals surface area (Å²) in [6.07, 6.45) is 0. The van der Waals surface area contributed by atoms with E-state index in [-0.39, 0.29) is 39.9 Å². The lowest BCUT2D eigenvalue weighted by Gasteiger charge is -2.17. The number of hydrogen-bond donors (Lipinski definition) is 4. The van der Waals surface area contributed by atoms with Gasteiger partial charge >= 0.3 is 8.25 Å². The highest BCUT2D eigenvalue weighted by Gasteiger charge is 2.23. The van der Waals surface area contributed by atoms with Crippen molar-refractivity contribution in [2.75, 3.05) is 66.1 Å². The minimum absolute atomic E-state index is 0.0314. The van der Waals surface area contributed by atoms with Crippen LogP contribution in [0.3, 0.4) is 0 Å². The van der Waals surface area contributed by atoms with Crippen LogP contribution in [0.25, 0.3) is 0 Å². The van der Waals surface area contributed by atoms with Crippen molar-refractivity contribution in [2.45, 2.75) is 0 Å². The number of rotatable bonds is 14. The van der Waals surface area contributed by atoms with Crippen LogP contribution >= 0.6 is 8.25 Å². The number of nitrogens with zero attached hydrogens (tertiary/aromatic N) is 2. The first-order chi connectivity index (χ1) is 9.67. The van der Waals surface area contributed by atoms with Gasteiger partial charge in [0, 0.05) is 30.7 Å². The summed E-state index contributed by atoms with van der Waals surface area (Å²) in [5.41, 5.74) is 0. The van der Waals surface area contributed by atoms with E-state index in [1.54, 1.807) is 9.80 Å². The molecule has 10 heteroatoms. The smallest absolute Gasteiger partial charge is 0.395 e. The zero-order valence-electron chi connectivity index (χ0n) is 11.4. The maximum Gasteiger partial charge on any atom is 0.700 e. The first-order valence-electron chi connectivity index (χ1n) is 6.29. The third-order valence-corrected chi connectivity index (χ3v) is 3.01. The summed E-state index contributed by atoms with van der Waals surface area (Å²) in [4.78, 5) is 3.16. The van der Waals surface area contributed by atoms with Gasteiger partial charge in [0.05, 0.1) is 26.4 Å². The number of hydrogen-bond acceptors (Lipinski definition) is 9. The Kier molecular flexibility index (Phi) is 13.6. The average molecular weight is 315 g/mol. The Morgan fingerprint density at radius 1 is 0.700 bits per heavy atom. The molecule has 0 fully saturated rings. The molecule has 0 aromatic carbocycles. The minimum atomic E-state index is -2.35. The summed E-state index contributed by atoms with van der Waals surface area (Å²) in [5.74, 6) is 0. The first kappa shape index (κ1) is 19.8. The molecule has 0 radical (unpaired) electrons. The van der Waals surface area contributed by atoms with Crippen LogP contribution in [0.15, 0.2) is 0 Å². The summed E-state index contributed by atoms with van der Waals surface area (Å²) in [6, 6.07) is 0. The van der Waals surface area contributed by atoms with Gasteiger partial charge in [-0.05, 0) is 0 Å². The predicted molar refractivity (Wildman–Crippen MR) is 71.0 cm³/mol. The van der Waals surface area contributed by atoms with E-state index >= 15 is 0 Å². The van der Waals surface area contributed by atoms with Gasteiger partial charge in [0.15, 0.2) is 13.5 Å². The largest absolute Gasteiger partial charge is 0.700 e. The maximum absolute atomic E-state index is 11.5. The molecule has 0 saturated carbocycles. The van der Waals surface area contributed by atoms with E-state index in [1.807, 2.05) is 0 Å². The van der Waals surface area contributed by atoms with Gasteiger partial charge in [-0.15, -0.1) is 9.05 Å². The van der Waals surface area contributed by atoms with Gasteiger partial charge in [0.25, 0.3) is 0 Å². The van der Waals surface area contributed by atoms with Gasteiger partial charge in [-0.2, -0.15) is 0 Å². The molecular weight excluding hydrogens is 291 g/mol. The Hall–Kier alpha value is -0.220. The molecule has 0 atom stereocenters.